The summed E-state index contributed by atoms with van der Waals surface area (Å²) in [6.07, 6.45) is 5.72. The number of para-hydroxylation sites is 2. The van der Waals surface area contributed by atoms with Crippen molar-refractivity contribution in [3.8, 4) is 0 Å². The number of benzene rings is 1. The number of fused-ring (bicyclic) bond motifs is 2. The van der Waals surface area contributed by atoms with Gasteiger partial charge in [0.2, 0.25) is 5.91 Å². The van der Waals surface area contributed by atoms with E-state index in [1.807, 2.05) is 16.9 Å². The van der Waals surface area contributed by atoms with Crippen molar-refractivity contribution in [3.05, 3.63) is 48.0 Å². The van der Waals surface area contributed by atoms with E-state index < -0.39 is 0 Å². The maximum atomic E-state index is 13.0. The van der Waals surface area contributed by atoms with Crippen LogP contribution < -0.4 is 0 Å². The van der Waals surface area contributed by atoms with Crippen LogP contribution in [0, 0.1) is 12.8 Å². The molecule has 0 radical (unpaired) electrons. The van der Waals surface area contributed by atoms with Crippen LogP contribution in [-0.4, -0.2) is 43.2 Å². The summed E-state index contributed by atoms with van der Waals surface area (Å²) < 4.78 is 4.37. The molecule has 1 unspecified atom stereocenters. The van der Waals surface area contributed by atoms with Crippen LogP contribution in [0.1, 0.15) is 36.8 Å². The first-order valence-corrected chi connectivity index (χ1v) is 9.94. The number of piperidine rings is 1. The highest BCUT2D eigenvalue weighted by Gasteiger charge is 2.32. The van der Waals surface area contributed by atoms with Gasteiger partial charge in [-0.15, -0.1) is 0 Å². The van der Waals surface area contributed by atoms with E-state index in [4.69, 9.17) is 4.98 Å². The molecular formula is C21H25N5O. The average molecular weight is 363 g/mol. The molecule has 1 fully saturated rings. The van der Waals surface area contributed by atoms with Crippen LogP contribution in [0.2, 0.25) is 0 Å². The third kappa shape index (κ3) is 2.83. The second-order valence-electron chi connectivity index (χ2n) is 7.81. The van der Waals surface area contributed by atoms with Crippen molar-refractivity contribution in [3.63, 3.8) is 0 Å². The number of likely N-dealkylation sites (tertiary alicyclic amines) is 1. The molecule has 1 aromatic carbocycles. The molecule has 1 atom stereocenters. The second kappa shape index (κ2) is 6.51. The Morgan fingerprint density at radius 3 is 2.78 bits per heavy atom. The first kappa shape index (κ1) is 16.5. The maximum Gasteiger partial charge on any atom is 0.227 e. The summed E-state index contributed by atoms with van der Waals surface area (Å²) in [4.78, 5) is 19.8. The van der Waals surface area contributed by atoms with Crippen molar-refractivity contribution in [1.29, 1.82) is 0 Å². The zero-order chi connectivity index (χ0) is 18.4. The van der Waals surface area contributed by atoms with Crippen molar-refractivity contribution in [2.24, 2.45) is 5.92 Å². The predicted octanol–water partition coefficient (Wildman–Crippen LogP) is 2.97. The smallest absolute Gasteiger partial charge is 0.227 e. The number of carbonyl (C=O) groups excluding carboxylic acids is 1. The van der Waals surface area contributed by atoms with Crippen LogP contribution in [0.25, 0.3) is 11.0 Å². The number of imidazole rings is 1. The molecule has 1 saturated heterocycles. The molecule has 2 aliphatic rings. The summed E-state index contributed by atoms with van der Waals surface area (Å²) >= 11 is 0. The third-order valence-corrected chi connectivity index (χ3v) is 6.21. The fourth-order valence-corrected chi connectivity index (χ4v) is 4.79. The summed E-state index contributed by atoms with van der Waals surface area (Å²) in [6.45, 7) is 4.48. The van der Waals surface area contributed by atoms with Gasteiger partial charge in [-0.2, -0.15) is 5.10 Å². The second-order valence-corrected chi connectivity index (χ2v) is 7.81. The molecule has 140 valence electrons. The van der Waals surface area contributed by atoms with E-state index in [-0.39, 0.29) is 5.92 Å². The standard InChI is InChI=1S/C21H25N5O/c1-15-23-19-4-2-3-5-20(19)26(15)18-9-12-24(13-10-18)21(27)16-6-7-17-8-11-22-25(17)14-16/h2-5,8,11,16,18H,6-7,9-10,12-14H2,1H3. The molecule has 2 aliphatic heterocycles. The van der Waals surface area contributed by atoms with E-state index in [0.29, 0.717) is 11.9 Å². The van der Waals surface area contributed by atoms with Gasteiger partial charge in [0.25, 0.3) is 0 Å². The van der Waals surface area contributed by atoms with Crippen molar-refractivity contribution in [2.45, 2.75) is 45.2 Å². The molecule has 4 heterocycles. The van der Waals surface area contributed by atoms with E-state index >= 15 is 0 Å². The Bertz CT molecular complexity index is 980. The molecule has 27 heavy (non-hydrogen) atoms. The topological polar surface area (TPSA) is 56.0 Å². The van der Waals surface area contributed by atoms with Gasteiger partial charge < -0.3 is 9.47 Å². The lowest BCUT2D eigenvalue weighted by Crippen LogP contribution is -2.44. The largest absolute Gasteiger partial charge is 0.342 e. The number of nitrogens with zero attached hydrogens (tertiary/aromatic N) is 5. The maximum absolute atomic E-state index is 13.0. The quantitative estimate of drug-likeness (QED) is 0.703. The minimum absolute atomic E-state index is 0.0739. The molecule has 5 rings (SSSR count). The Morgan fingerprint density at radius 1 is 1.11 bits per heavy atom. The minimum Gasteiger partial charge on any atom is -0.342 e. The van der Waals surface area contributed by atoms with Crippen LogP contribution in [0.3, 0.4) is 0 Å². The van der Waals surface area contributed by atoms with Crippen LogP contribution >= 0.6 is 0 Å². The Kier molecular flexibility index (Phi) is 3.99. The Hall–Kier alpha value is -2.63. The monoisotopic (exact) mass is 363 g/mol. The van der Waals surface area contributed by atoms with Crippen molar-refractivity contribution in [1.82, 2.24) is 24.2 Å². The third-order valence-electron chi connectivity index (χ3n) is 6.21. The summed E-state index contributed by atoms with van der Waals surface area (Å²) in [5.41, 5.74) is 3.52. The number of amides is 1. The molecule has 0 saturated carbocycles. The zero-order valence-corrected chi connectivity index (χ0v) is 15.7. The van der Waals surface area contributed by atoms with Gasteiger partial charge in [0.05, 0.1) is 23.5 Å². The van der Waals surface area contributed by atoms with Gasteiger partial charge in [-0.25, -0.2) is 4.98 Å². The summed E-state index contributed by atoms with van der Waals surface area (Å²) in [5, 5.41) is 4.35. The fraction of sp³-hybridized carbons (Fsp3) is 0.476. The number of aryl methyl sites for hydroxylation is 2. The molecule has 6 heteroatoms. The lowest BCUT2D eigenvalue weighted by molar-refractivity contribution is -0.138. The summed E-state index contributed by atoms with van der Waals surface area (Å²) in [5.74, 6) is 1.45. The summed E-state index contributed by atoms with van der Waals surface area (Å²) in [7, 11) is 0. The Morgan fingerprint density at radius 2 is 1.93 bits per heavy atom. The van der Waals surface area contributed by atoms with Crippen LogP contribution in [0.15, 0.2) is 36.5 Å². The van der Waals surface area contributed by atoms with E-state index in [1.165, 1.54) is 11.2 Å². The highest BCUT2D eigenvalue weighted by molar-refractivity contribution is 5.79. The molecular weight excluding hydrogens is 338 g/mol. The molecule has 6 nitrogen and oxygen atoms in total. The fourth-order valence-electron chi connectivity index (χ4n) is 4.79. The Labute approximate surface area is 158 Å². The normalized spacial score (nSPS) is 20.8. The minimum atomic E-state index is 0.0739. The van der Waals surface area contributed by atoms with E-state index in [9.17, 15) is 4.79 Å². The lowest BCUT2D eigenvalue weighted by atomic mass is 9.95. The van der Waals surface area contributed by atoms with Crippen LogP contribution in [0.4, 0.5) is 0 Å². The van der Waals surface area contributed by atoms with Gasteiger partial charge in [-0.1, -0.05) is 12.1 Å². The van der Waals surface area contributed by atoms with Crippen LogP contribution in [0.5, 0.6) is 0 Å². The van der Waals surface area contributed by atoms with Crippen molar-refractivity contribution >= 4 is 16.9 Å². The highest BCUT2D eigenvalue weighted by atomic mass is 16.2. The van der Waals surface area contributed by atoms with E-state index in [1.54, 1.807) is 0 Å². The Balaban J connectivity index is 1.28. The number of carbonyl (C=O) groups is 1. The molecule has 1 amide bonds. The predicted molar refractivity (Wildman–Crippen MR) is 103 cm³/mol. The number of aromatic nitrogens is 4. The number of hydrogen-bond acceptors (Lipinski definition) is 3. The van der Waals surface area contributed by atoms with Gasteiger partial charge in [-0.3, -0.25) is 9.48 Å². The van der Waals surface area contributed by atoms with E-state index in [0.717, 1.165) is 56.7 Å². The van der Waals surface area contributed by atoms with E-state index in [2.05, 4.69) is 45.8 Å². The van der Waals surface area contributed by atoms with Crippen molar-refractivity contribution in [2.75, 3.05) is 13.1 Å². The first-order valence-electron chi connectivity index (χ1n) is 9.94. The zero-order valence-electron chi connectivity index (χ0n) is 15.7. The molecule has 3 aromatic rings. The number of rotatable bonds is 2. The number of hydrogen-bond donors (Lipinski definition) is 0. The molecule has 0 bridgehead atoms. The van der Waals surface area contributed by atoms with Crippen molar-refractivity contribution < 1.29 is 4.79 Å². The van der Waals surface area contributed by atoms with Gasteiger partial charge in [0.15, 0.2) is 0 Å². The SMILES string of the molecule is Cc1nc2ccccc2n1C1CCN(C(=O)C2CCc3ccnn3C2)CC1. The van der Waals surface area contributed by atoms with Crippen LogP contribution in [-0.2, 0) is 17.8 Å². The molecule has 0 aliphatic carbocycles. The van der Waals surface area contributed by atoms with Gasteiger partial charge in [-0.05, 0) is 50.8 Å². The summed E-state index contributed by atoms with van der Waals surface area (Å²) in [6, 6.07) is 10.8. The highest BCUT2D eigenvalue weighted by Crippen LogP contribution is 2.30. The van der Waals surface area contributed by atoms with Gasteiger partial charge in [0, 0.05) is 31.0 Å². The molecule has 2 aromatic heterocycles. The van der Waals surface area contributed by atoms with Gasteiger partial charge in [0.1, 0.15) is 5.82 Å². The average Bonchev–Trinajstić information content (AvgIpc) is 3.30. The van der Waals surface area contributed by atoms with Gasteiger partial charge >= 0.3 is 0 Å². The molecule has 0 spiro atoms. The molecule has 0 N–H and O–H groups in total. The lowest BCUT2D eigenvalue weighted by Gasteiger charge is -2.36. The first-order chi connectivity index (χ1) is 13.2.